The van der Waals surface area contributed by atoms with Crippen LogP contribution in [0, 0.1) is 0 Å². The minimum Gasteiger partial charge on any atom is -0.358 e. The average Bonchev–Trinajstić information content (AvgIpc) is 3.22. The number of amides is 2. The van der Waals surface area contributed by atoms with Crippen LogP contribution >= 0.6 is 0 Å². The topological polar surface area (TPSA) is 64.7 Å². The summed E-state index contributed by atoms with van der Waals surface area (Å²) < 4.78 is 0. The number of likely N-dealkylation sites (N-methyl/N-ethyl adjacent to an activating group) is 1. The Bertz CT molecular complexity index is 336. The number of carbonyl (C=O) groups is 2. The van der Waals surface area contributed by atoms with Gasteiger partial charge in [0.15, 0.2) is 0 Å². The van der Waals surface area contributed by atoms with E-state index in [9.17, 15) is 9.59 Å². The zero-order chi connectivity index (χ0) is 13.8. The van der Waals surface area contributed by atoms with Gasteiger partial charge in [-0.05, 0) is 19.8 Å². The number of hydrogen-bond donors (Lipinski definition) is 2. The Morgan fingerprint density at radius 2 is 1.84 bits per heavy atom. The van der Waals surface area contributed by atoms with Crippen molar-refractivity contribution < 1.29 is 9.59 Å². The molecule has 1 saturated carbocycles. The van der Waals surface area contributed by atoms with E-state index in [1.54, 1.807) is 7.05 Å². The number of carbonyl (C=O) groups excluding carboxylic acids is 2. The van der Waals surface area contributed by atoms with Crippen LogP contribution in [0.15, 0.2) is 0 Å². The molecule has 2 rings (SSSR count). The summed E-state index contributed by atoms with van der Waals surface area (Å²) >= 11 is 0. The first kappa shape index (κ1) is 14.3. The highest BCUT2D eigenvalue weighted by molar-refractivity contribution is 5.82. The molecule has 0 spiro atoms. The van der Waals surface area contributed by atoms with E-state index in [2.05, 4.69) is 20.4 Å². The fraction of sp³-hybridized carbons (Fsp3) is 0.846. The lowest BCUT2D eigenvalue weighted by Crippen LogP contribution is -2.55. The number of piperazine rings is 1. The lowest BCUT2D eigenvalue weighted by atomic mass is 10.2. The van der Waals surface area contributed by atoms with Crippen LogP contribution < -0.4 is 10.6 Å². The lowest BCUT2D eigenvalue weighted by Gasteiger charge is -2.37. The van der Waals surface area contributed by atoms with Gasteiger partial charge in [0.05, 0.1) is 12.6 Å². The second kappa shape index (κ2) is 6.34. The maximum atomic E-state index is 12.0. The summed E-state index contributed by atoms with van der Waals surface area (Å²) in [6.07, 6.45) is 2.25. The highest BCUT2D eigenvalue weighted by Gasteiger charge is 2.30. The first-order chi connectivity index (χ1) is 9.10. The van der Waals surface area contributed by atoms with Crippen molar-refractivity contribution in [2.75, 3.05) is 39.8 Å². The van der Waals surface area contributed by atoms with E-state index in [0.717, 1.165) is 39.0 Å². The normalized spacial score (nSPS) is 22.8. The summed E-state index contributed by atoms with van der Waals surface area (Å²) in [5, 5.41) is 5.68. The third-order valence-electron chi connectivity index (χ3n) is 3.90. The predicted molar refractivity (Wildman–Crippen MR) is 72.7 cm³/mol. The first-order valence-corrected chi connectivity index (χ1v) is 7.07. The van der Waals surface area contributed by atoms with Gasteiger partial charge in [0.1, 0.15) is 0 Å². The van der Waals surface area contributed by atoms with Gasteiger partial charge in [-0.3, -0.25) is 19.4 Å². The second-order valence-electron chi connectivity index (χ2n) is 5.44. The standard InChI is InChI=1S/C13H24N4O2/c1-10(13(19)15-11-3-4-11)17-7-5-16(6-8-17)9-12(18)14-2/h10-11H,3-9H2,1-2H3,(H,14,18)(H,15,19)/t10-/m0/s1. The minimum atomic E-state index is -0.0669. The molecule has 2 aliphatic rings. The molecule has 19 heavy (non-hydrogen) atoms. The Labute approximate surface area is 114 Å². The lowest BCUT2D eigenvalue weighted by molar-refractivity contribution is -0.128. The second-order valence-corrected chi connectivity index (χ2v) is 5.44. The number of nitrogens with one attached hydrogen (secondary N) is 2. The van der Waals surface area contributed by atoms with Gasteiger partial charge in [-0.25, -0.2) is 0 Å². The molecule has 0 aromatic rings. The Hall–Kier alpha value is -1.14. The van der Waals surface area contributed by atoms with Gasteiger partial charge in [-0.15, -0.1) is 0 Å². The van der Waals surface area contributed by atoms with Crippen LogP contribution in [0.4, 0.5) is 0 Å². The summed E-state index contributed by atoms with van der Waals surface area (Å²) in [7, 11) is 1.66. The molecule has 6 nitrogen and oxygen atoms in total. The smallest absolute Gasteiger partial charge is 0.237 e. The number of hydrogen-bond acceptors (Lipinski definition) is 4. The van der Waals surface area contributed by atoms with Crippen molar-refractivity contribution in [1.29, 1.82) is 0 Å². The van der Waals surface area contributed by atoms with Crippen LogP contribution in [0.3, 0.4) is 0 Å². The van der Waals surface area contributed by atoms with Gasteiger partial charge < -0.3 is 10.6 Å². The van der Waals surface area contributed by atoms with Crippen molar-refractivity contribution >= 4 is 11.8 Å². The molecule has 1 heterocycles. The third kappa shape index (κ3) is 4.18. The van der Waals surface area contributed by atoms with E-state index in [1.807, 2.05) is 6.92 Å². The highest BCUT2D eigenvalue weighted by Crippen LogP contribution is 2.19. The molecule has 1 aliphatic carbocycles. The molecule has 2 amide bonds. The molecule has 2 fully saturated rings. The third-order valence-corrected chi connectivity index (χ3v) is 3.90. The molecule has 0 radical (unpaired) electrons. The van der Waals surface area contributed by atoms with Crippen LogP contribution in [0.1, 0.15) is 19.8 Å². The van der Waals surface area contributed by atoms with Crippen LogP contribution in [0.2, 0.25) is 0 Å². The molecule has 1 aliphatic heterocycles. The summed E-state index contributed by atoms with van der Waals surface area (Å²) in [5.41, 5.74) is 0. The Morgan fingerprint density at radius 1 is 1.21 bits per heavy atom. The van der Waals surface area contributed by atoms with Crippen LogP contribution in [0.5, 0.6) is 0 Å². The van der Waals surface area contributed by atoms with E-state index in [0.29, 0.717) is 12.6 Å². The zero-order valence-corrected chi connectivity index (χ0v) is 11.8. The molecular weight excluding hydrogens is 244 g/mol. The summed E-state index contributed by atoms with van der Waals surface area (Å²) in [6, 6.07) is 0.354. The zero-order valence-electron chi connectivity index (χ0n) is 11.8. The van der Waals surface area contributed by atoms with Crippen molar-refractivity contribution in [1.82, 2.24) is 20.4 Å². The largest absolute Gasteiger partial charge is 0.358 e. The molecular formula is C13H24N4O2. The van der Waals surface area contributed by atoms with Crippen molar-refractivity contribution in [2.24, 2.45) is 0 Å². The Kier molecular flexibility index (Phi) is 4.76. The molecule has 2 N–H and O–H groups in total. The van der Waals surface area contributed by atoms with E-state index in [-0.39, 0.29) is 17.9 Å². The summed E-state index contributed by atoms with van der Waals surface area (Å²) in [4.78, 5) is 27.6. The Morgan fingerprint density at radius 3 is 2.37 bits per heavy atom. The highest BCUT2D eigenvalue weighted by atomic mass is 16.2. The molecule has 0 aromatic carbocycles. The monoisotopic (exact) mass is 268 g/mol. The van der Waals surface area contributed by atoms with E-state index in [4.69, 9.17) is 0 Å². The predicted octanol–water partition coefficient (Wildman–Crippen LogP) is -0.983. The van der Waals surface area contributed by atoms with Crippen LogP contribution in [-0.2, 0) is 9.59 Å². The number of rotatable bonds is 5. The van der Waals surface area contributed by atoms with E-state index >= 15 is 0 Å². The van der Waals surface area contributed by atoms with Crippen molar-refractivity contribution in [3.8, 4) is 0 Å². The van der Waals surface area contributed by atoms with Gasteiger partial charge in [-0.2, -0.15) is 0 Å². The molecule has 6 heteroatoms. The fourth-order valence-electron chi connectivity index (χ4n) is 2.31. The van der Waals surface area contributed by atoms with Gasteiger partial charge in [0.25, 0.3) is 0 Å². The number of nitrogens with zero attached hydrogens (tertiary/aromatic N) is 2. The fourth-order valence-corrected chi connectivity index (χ4v) is 2.31. The molecule has 0 bridgehead atoms. The molecule has 1 saturated heterocycles. The van der Waals surface area contributed by atoms with Crippen molar-refractivity contribution in [3.05, 3.63) is 0 Å². The van der Waals surface area contributed by atoms with Gasteiger partial charge >= 0.3 is 0 Å². The van der Waals surface area contributed by atoms with Crippen LogP contribution in [-0.4, -0.2) is 73.5 Å². The average molecular weight is 268 g/mol. The Balaban J connectivity index is 1.72. The van der Waals surface area contributed by atoms with Crippen molar-refractivity contribution in [3.63, 3.8) is 0 Å². The van der Waals surface area contributed by atoms with Crippen LogP contribution in [0.25, 0.3) is 0 Å². The van der Waals surface area contributed by atoms with Gasteiger partial charge in [0.2, 0.25) is 11.8 Å². The quantitative estimate of drug-likeness (QED) is 0.672. The molecule has 0 unspecified atom stereocenters. The van der Waals surface area contributed by atoms with Gasteiger partial charge in [-0.1, -0.05) is 0 Å². The molecule has 0 aromatic heterocycles. The van der Waals surface area contributed by atoms with Gasteiger partial charge in [0, 0.05) is 39.3 Å². The SMILES string of the molecule is CNC(=O)CN1CCN([C@@H](C)C(=O)NC2CC2)CC1. The summed E-state index contributed by atoms with van der Waals surface area (Å²) in [5.74, 6) is 0.190. The minimum absolute atomic E-state index is 0.0491. The maximum Gasteiger partial charge on any atom is 0.237 e. The maximum absolute atomic E-state index is 12.0. The van der Waals surface area contributed by atoms with Crippen molar-refractivity contribution in [2.45, 2.75) is 31.8 Å². The molecule has 108 valence electrons. The summed E-state index contributed by atoms with van der Waals surface area (Å²) in [6.45, 7) is 5.79. The first-order valence-electron chi connectivity index (χ1n) is 7.07. The molecule has 1 atom stereocenters. The van der Waals surface area contributed by atoms with E-state index in [1.165, 1.54) is 0 Å². The van der Waals surface area contributed by atoms with E-state index < -0.39 is 0 Å².